The summed E-state index contributed by atoms with van der Waals surface area (Å²) in [5, 5.41) is 0.102. The summed E-state index contributed by atoms with van der Waals surface area (Å²) < 4.78 is 0. The fourth-order valence-electron chi connectivity index (χ4n) is 1.96. The van der Waals surface area contributed by atoms with Gasteiger partial charge < -0.3 is 10.6 Å². The van der Waals surface area contributed by atoms with Gasteiger partial charge in [-0.1, -0.05) is 12.8 Å². The van der Waals surface area contributed by atoms with Crippen molar-refractivity contribution in [3.63, 3.8) is 0 Å². The number of carbonyl (C=O) groups excluding carboxylic acids is 1. The Kier molecular flexibility index (Phi) is 6.88. The van der Waals surface area contributed by atoms with Gasteiger partial charge in [0.05, 0.1) is 5.25 Å². The number of hydrogen-bond acceptors (Lipinski definition) is 3. The van der Waals surface area contributed by atoms with Gasteiger partial charge in [0.1, 0.15) is 0 Å². The van der Waals surface area contributed by atoms with Crippen molar-refractivity contribution in [3.05, 3.63) is 0 Å². The van der Waals surface area contributed by atoms with Crippen molar-refractivity contribution < 1.29 is 4.79 Å². The minimum atomic E-state index is 0.102. The molecule has 1 aliphatic heterocycles. The van der Waals surface area contributed by atoms with Crippen LogP contribution in [0.5, 0.6) is 0 Å². The van der Waals surface area contributed by atoms with Gasteiger partial charge in [0.15, 0.2) is 0 Å². The molecule has 0 aliphatic carbocycles. The van der Waals surface area contributed by atoms with E-state index in [0.29, 0.717) is 5.91 Å². The van der Waals surface area contributed by atoms with E-state index in [2.05, 4.69) is 0 Å². The van der Waals surface area contributed by atoms with Gasteiger partial charge in [0, 0.05) is 13.1 Å². The highest BCUT2D eigenvalue weighted by Gasteiger charge is 2.21. The Hall–Kier alpha value is -0.220. The molecule has 0 saturated carbocycles. The molecule has 3 nitrogen and oxygen atoms in total. The Morgan fingerprint density at radius 3 is 2.50 bits per heavy atom. The molecule has 4 heteroatoms. The predicted octanol–water partition coefficient (Wildman–Crippen LogP) is 1.86. The molecule has 0 aromatic heterocycles. The van der Waals surface area contributed by atoms with E-state index < -0.39 is 0 Å². The number of nitrogens with two attached hydrogens (primary N) is 1. The molecule has 2 N–H and O–H groups in total. The molecule has 1 unspecified atom stereocenters. The molecule has 1 heterocycles. The Balaban J connectivity index is 2.30. The molecule has 94 valence electrons. The average Bonchev–Trinajstić information content (AvgIpc) is 2.56. The van der Waals surface area contributed by atoms with Crippen molar-refractivity contribution in [2.24, 2.45) is 5.73 Å². The van der Waals surface area contributed by atoms with Crippen LogP contribution in [0.15, 0.2) is 0 Å². The zero-order valence-corrected chi connectivity index (χ0v) is 11.1. The standard InChI is InChI=1S/C12H24N2OS/c1-11(16-10-6-7-13)12(15)14-8-4-2-3-5-9-14/h11H,2-10,13H2,1H3. The fraction of sp³-hybridized carbons (Fsp3) is 0.917. The summed E-state index contributed by atoms with van der Waals surface area (Å²) in [5.41, 5.74) is 5.45. The van der Waals surface area contributed by atoms with Crippen LogP contribution in [0, 0.1) is 0 Å². The maximum absolute atomic E-state index is 12.1. The van der Waals surface area contributed by atoms with Crippen LogP contribution < -0.4 is 5.73 Å². The molecule has 0 aromatic rings. The first-order chi connectivity index (χ1) is 7.75. The summed E-state index contributed by atoms with van der Waals surface area (Å²) >= 11 is 1.74. The van der Waals surface area contributed by atoms with E-state index in [1.165, 1.54) is 25.7 Å². The molecule has 0 spiro atoms. The van der Waals surface area contributed by atoms with Gasteiger partial charge in [0.2, 0.25) is 5.91 Å². The normalized spacial score (nSPS) is 19.2. The zero-order chi connectivity index (χ0) is 11.8. The monoisotopic (exact) mass is 244 g/mol. The lowest BCUT2D eigenvalue weighted by Gasteiger charge is -2.23. The topological polar surface area (TPSA) is 46.3 Å². The summed E-state index contributed by atoms with van der Waals surface area (Å²) in [4.78, 5) is 14.2. The van der Waals surface area contributed by atoms with Gasteiger partial charge in [-0.2, -0.15) is 0 Å². The van der Waals surface area contributed by atoms with Crippen molar-refractivity contribution in [2.75, 3.05) is 25.4 Å². The van der Waals surface area contributed by atoms with E-state index in [1.807, 2.05) is 11.8 Å². The molecule has 1 saturated heterocycles. The van der Waals surface area contributed by atoms with E-state index >= 15 is 0 Å². The molecule has 1 fully saturated rings. The van der Waals surface area contributed by atoms with Crippen LogP contribution in [0.25, 0.3) is 0 Å². The molecule has 0 aromatic carbocycles. The third kappa shape index (κ3) is 4.74. The highest BCUT2D eigenvalue weighted by atomic mass is 32.2. The van der Waals surface area contributed by atoms with Crippen molar-refractivity contribution in [2.45, 2.75) is 44.3 Å². The van der Waals surface area contributed by atoms with Gasteiger partial charge in [-0.15, -0.1) is 11.8 Å². The third-order valence-electron chi connectivity index (χ3n) is 2.98. The Morgan fingerprint density at radius 2 is 1.94 bits per heavy atom. The second-order valence-corrected chi connectivity index (χ2v) is 5.84. The van der Waals surface area contributed by atoms with Crippen LogP contribution >= 0.6 is 11.8 Å². The minimum absolute atomic E-state index is 0.102. The van der Waals surface area contributed by atoms with E-state index in [-0.39, 0.29) is 5.25 Å². The predicted molar refractivity (Wildman–Crippen MR) is 70.6 cm³/mol. The molecule has 0 radical (unpaired) electrons. The van der Waals surface area contributed by atoms with E-state index in [9.17, 15) is 4.79 Å². The third-order valence-corrected chi connectivity index (χ3v) is 4.21. The van der Waals surface area contributed by atoms with Crippen molar-refractivity contribution in [3.8, 4) is 0 Å². The molecule has 16 heavy (non-hydrogen) atoms. The zero-order valence-electron chi connectivity index (χ0n) is 10.3. The first-order valence-corrected chi connectivity index (χ1v) is 7.41. The number of carbonyl (C=O) groups is 1. The molecule has 1 amide bonds. The Bertz CT molecular complexity index is 203. The molecule has 1 rings (SSSR count). The first kappa shape index (κ1) is 13.8. The van der Waals surface area contributed by atoms with Crippen LogP contribution in [0.3, 0.4) is 0 Å². The van der Waals surface area contributed by atoms with Gasteiger partial charge in [-0.25, -0.2) is 0 Å². The lowest BCUT2D eigenvalue weighted by atomic mass is 10.2. The summed E-state index contributed by atoms with van der Waals surface area (Å²) in [7, 11) is 0. The van der Waals surface area contributed by atoms with E-state index in [4.69, 9.17) is 5.73 Å². The van der Waals surface area contributed by atoms with Gasteiger partial charge >= 0.3 is 0 Å². The lowest BCUT2D eigenvalue weighted by Crippen LogP contribution is -2.37. The summed E-state index contributed by atoms with van der Waals surface area (Å²) in [5.74, 6) is 1.32. The van der Waals surface area contributed by atoms with Gasteiger partial charge in [-0.05, 0) is 38.5 Å². The Labute approximate surface area is 103 Å². The SMILES string of the molecule is CC(SCCCN)C(=O)N1CCCCCC1. The molecule has 1 aliphatic rings. The van der Waals surface area contributed by atoms with E-state index in [0.717, 1.165) is 31.8 Å². The number of likely N-dealkylation sites (tertiary alicyclic amines) is 1. The quantitative estimate of drug-likeness (QED) is 0.751. The summed E-state index contributed by atoms with van der Waals surface area (Å²) in [6.45, 7) is 4.66. The van der Waals surface area contributed by atoms with Crippen LogP contribution in [-0.4, -0.2) is 41.4 Å². The smallest absolute Gasteiger partial charge is 0.235 e. The number of hydrogen-bond donors (Lipinski definition) is 1. The molecule has 0 bridgehead atoms. The van der Waals surface area contributed by atoms with Crippen molar-refractivity contribution in [1.29, 1.82) is 0 Å². The molecule has 1 atom stereocenters. The second-order valence-electron chi connectivity index (χ2n) is 4.39. The number of nitrogens with zero attached hydrogens (tertiary/aromatic N) is 1. The van der Waals surface area contributed by atoms with Crippen LogP contribution in [0.1, 0.15) is 39.0 Å². The second kappa shape index (κ2) is 7.96. The molecular weight excluding hydrogens is 220 g/mol. The fourth-order valence-corrected chi connectivity index (χ4v) is 2.94. The first-order valence-electron chi connectivity index (χ1n) is 6.36. The van der Waals surface area contributed by atoms with Gasteiger partial charge in [-0.3, -0.25) is 4.79 Å². The van der Waals surface area contributed by atoms with Crippen LogP contribution in [-0.2, 0) is 4.79 Å². The summed E-state index contributed by atoms with van der Waals surface area (Å²) in [6, 6.07) is 0. The van der Waals surface area contributed by atoms with Gasteiger partial charge in [0.25, 0.3) is 0 Å². The maximum Gasteiger partial charge on any atom is 0.235 e. The van der Waals surface area contributed by atoms with Crippen LogP contribution in [0.4, 0.5) is 0 Å². The lowest BCUT2D eigenvalue weighted by molar-refractivity contribution is -0.130. The average molecular weight is 244 g/mol. The maximum atomic E-state index is 12.1. The number of amides is 1. The summed E-state index contributed by atoms with van der Waals surface area (Å²) in [6.07, 6.45) is 5.90. The van der Waals surface area contributed by atoms with Crippen molar-refractivity contribution in [1.82, 2.24) is 4.90 Å². The van der Waals surface area contributed by atoms with E-state index in [1.54, 1.807) is 11.8 Å². The highest BCUT2D eigenvalue weighted by molar-refractivity contribution is 8.00. The highest BCUT2D eigenvalue weighted by Crippen LogP contribution is 2.17. The minimum Gasteiger partial charge on any atom is -0.342 e. The largest absolute Gasteiger partial charge is 0.342 e. The Morgan fingerprint density at radius 1 is 1.31 bits per heavy atom. The van der Waals surface area contributed by atoms with Crippen molar-refractivity contribution >= 4 is 17.7 Å². The van der Waals surface area contributed by atoms with Crippen LogP contribution in [0.2, 0.25) is 0 Å². The number of thioether (sulfide) groups is 1. The molecular formula is C12H24N2OS. The number of rotatable bonds is 5.